The maximum absolute atomic E-state index is 12.0. The van der Waals surface area contributed by atoms with Gasteiger partial charge in [-0.2, -0.15) is 0 Å². The van der Waals surface area contributed by atoms with Crippen LogP contribution in [0.15, 0.2) is 0 Å². The molecule has 17 heavy (non-hydrogen) atoms. The first kappa shape index (κ1) is 12.9. The van der Waals surface area contributed by atoms with Crippen LogP contribution in [0, 0.1) is 17.8 Å². The van der Waals surface area contributed by atoms with Crippen molar-refractivity contribution in [3.8, 4) is 0 Å². The fraction of sp³-hybridized carbons (Fsp3) is 0.929. The van der Waals surface area contributed by atoms with Crippen molar-refractivity contribution in [2.75, 3.05) is 27.2 Å². The highest BCUT2D eigenvalue weighted by atomic mass is 16.2. The lowest BCUT2D eigenvalue weighted by Gasteiger charge is -2.37. The van der Waals surface area contributed by atoms with Gasteiger partial charge in [-0.25, -0.2) is 0 Å². The lowest BCUT2D eigenvalue weighted by molar-refractivity contribution is -0.134. The smallest absolute Gasteiger partial charge is 0.226 e. The molecule has 0 spiro atoms. The molecule has 1 heterocycles. The van der Waals surface area contributed by atoms with Crippen LogP contribution in [0.5, 0.6) is 0 Å². The molecule has 2 unspecified atom stereocenters. The number of hydrogen-bond acceptors (Lipinski definition) is 2. The summed E-state index contributed by atoms with van der Waals surface area (Å²) in [5.41, 5.74) is 0. The highest BCUT2D eigenvalue weighted by molar-refractivity contribution is 5.78. The van der Waals surface area contributed by atoms with Crippen LogP contribution in [0.1, 0.15) is 38.5 Å². The Bertz CT molecular complexity index is 259. The second-order valence-electron chi connectivity index (χ2n) is 5.98. The van der Waals surface area contributed by atoms with Gasteiger partial charge in [0.15, 0.2) is 0 Å². The minimum Gasteiger partial charge on any atom is -0.349 e. The van der Waals surface area contributed by atoms with Crippen LogP contribution in [0.3, 0.4) is 0 Å². The molecule has 1 amide bonds. The Kier molecular flexibility index (Phi) is 4.43. The van der Waals surface area contributed by atoms with Gasteiger partial charge in [0.2, 0.25) is 5.91 Å². The number of carbonyl (C=O) groups excluding carboxylic acids is 1. The fourth-order valence-corrected chi connectivity index (χ4v) is 3.49. The average Bonchev–Trinajstić information content (AvgIpc) is 2.39. The van der Waals surface area contributed by atoms with Gasteiger partial charge >= 0.3 is 0 Å². The number of rotatable bonds is 2. The van der Waals surface area contributed by atoms with E-state index in [4.69, 9.17) is 0 Å². The van der Waals surface area contributed by atoms with Crippen molar-refractivity contribution in [2.24, 2.45) is 17.8 Å². The van der Waals surface area contributed by atoms with Crippen molar-refractivity contribution in [2.45, 2.75) is 38.5 Å². The summed E-state index contributed by atoms with van der Waals surface area (Å²) in [6, 6.07) is 0. The number of hydrogen-bond donors (Lipinski definition) is 1. The number of carbonyl (C=O) groups is 1. The first-order valence-corrected chi connectivity index (χ1v) is 7.10. The summed E-state index contributed by atoms with van der Waals surface area (Å²) in [4.78, 5) is 13.8. The van der Waals surface area contributed by atoms with Crippen LogP contribution >= 0.6 is 0 Å². The summed E-state index contributed by atoms with van der Waals surface area (Å²) in [7, 11) is 3.74. The summed E-state index contributed by atoms with van der Waals surface area (Å²) in [6.45, 7) is 2.00. The summed E-state index contributed by atoms with van der Waals surface area (Å²) >= 11 is 0. The van der Waals surface area contributed by atoms with E-state index >= 15 is 0 Å². The molecule has 0 bridgehead atoms. The van der Waals surface area contributed by atoms with E-state index in [-0.39, 0.29) is 5.92 Å². The lowest BCUT2D eigenvalue weighted by atomic mass is 9.74. The second-order valence-corrected chi connectivity index (χ2v) is 5.98. The van der Waals surface area contributed by atoms with Gasteiger partial charge in [0.25, 0.3) is 0 Å². The van der Waals surface area contributed by atoms with E-state index in [1.54, 1.807) is 4.90 Å². The molecular weight excluding hydrogens is 212 g/mol. The molecule has 2 fully saturated rings. The van der Waals surface area contributed by atoms with Crippen molar-refractivity contribution in [1.82, 2.24) is 10.2 Å². The van der Waals surface area contributed by atoms with Gasteiger partial charge in [-0.1, -0.05) is 32.1 Å². The highest BCUT2D eigenvalue weighted by Gasteiger charge is 2.32. The molecule has 2 atom stereocenters. The van der Waals surface area contributed by atoms with Crippen LogP contribution < -0.4 is 5.32 Å². The van der Waals surface area contributed by atoms with E-state index in [9.17, 15) is 4.79 Å². The molecular formula is C14H26N2O. The quantitative estimate of drug-likeness (QED) is 0.796. The summed E-state index contributed by atoms with van der Waals surface area (Å²) < 4.78 is 0. The van der Waals surface area contributed by atoms with Crippen LogP contribution in [0.2, 0.25) is 0 Å². The molecule has 1 N–H and O–H groups in total. The normalized spacial score (nSPS) is 31.2. The molecule has 0 aromatic heterocycles. The van der Waals surface area contributed by atoms with Crippen molar-refractivity contribution in [1.29, 1.82) is 0 Å². The molecule has 98 valence electrons. The highest BCUT2D eigenvalue weighted by Crippen LogP contribution is 2.34. The topological polar surface area (TPSA) is 32.3 Å². The number of nitrogens with zero attached hydrogens (tertiary/aromatic N) is 1. The maximum atomic E-state index is 12.0. The van der Waals surface area contributed by atoms with Gasteiger partial charge in [-0.15, -0.1) is 0 Å². The first-order valence-electron chi connectivity index (χ1n) is 7.10. The molecule has 1 aliphatic carbocycles. The Morgan fingerprint density at radius 2 is 1.76 bits per heavy atom. The fourth-order valence-electron chi connectivity index (χ4n) is 3.49. The minimum absolute atomic E-state index is 0.214. The van der Waals surface area contributed by atoms with Crippen LogP contribution in [-0.4, -0.2) is 38.0 Å². The molecule has 0 radical (unpaired) electrons. The third kappa shape index (κ3) is 3.21. The van der Waals surface area contributed by atoms with Crippen LogP contribution in [0.25, 0.3) is 0 Å². The summed E-state index contributed by atoms with van der Waals surface area (Å²) in [5, 5.41) is 3.47. The standard InChI is InChI=1S/C14H26N2O/c1-16(2)14(17)13-8-12(9-15-10-13)11-6-4-3-5-7-11/h11-13,15H,3-10H2,1-2H3. The van der Waals surface area contributed by atoms with E-state index in [2.05, 4.69) is 5.32 Å². The van der Waals surface area contributed by atoms with Gasteiger partial charge in [-0.05, 0) is 24.8 Å². The zero-order valence-electron chi connectivity index (χ0n) is 11.2. The van der Waals surface area contributed by atoms with E-state index in [0.717, 1.165) is 31.3 Å². The number of nitrogens with one attached hydrogen (secondary N) is 1. The van der Waals surface area contributed by atoms with Gasteiger partial charge in [0.1, 0.15) is 0 Å². The Hall–Kier alpha value is -0.570. The van der Waals surface area contributed by atoms with Crippen molar-refractivity contribution >= 4 is 5.91 Å². The lowest BCUT2D eigenvalue weighted by Crippen LogP contribution is -2.45. The van der Waals surface area contributed by atoms with E-state index in [1.165, 1.54) is 32.1 Å². The molecule has 2 rings (SSSR count). The number of piperidine rings is 1. The Balaban J connectivity index is 1.89. The van der Waals surface area contributed by atoms with E-state index < -0.39 is 0 Å². The Morgan fingerprint density at radius 1 is 1.06 bits per heavy atom. The van der Waals surface area contributed by atoms with E-state index in [1.807, 2.05) is 14.1 Å². The van der Waals surface area contributed by atoms with Crippen LogP contribution in [-0.2, 0) is 4.79 Å². The van der Waals surface area contributed by atoms with Crippen molar-refractivity contribution < 1.29 is 4.79 Å². The monoisotopic (exact) mass is 238 g/mol. The SMILES string of the molecule is CN(C)C(=O)C1CNCC(C2CCCCC2)C1. The molecule has 2 aliphatic rings. The largest absolute Gasteiger partial charge is 0.349 e. The molecule has 1 saturated carbocycles. The third-order valence-corrected chi connectivity index (χ3v) is 4.49. The van der Waals surface area contributed by atoms with Crippen LogP contribution in [0.4, 0.5) is 0 Å². The maximum Gasteiger partial charge on any atom is 0.226 e. The van der Waals surface area contributed by atoms with Gasteiger partial charge < -0.3 is 10.2 Å². The number of amides is 1. The second kappa shape index (κ2) is 5.85. The molecule has 1 saturated heterocycles. The summed E-state index contributed by atoms with van der Waals surface area (Å²) in [5.74, 6) is 2.12. The predicted molar refractivity (Wildman–Crippen MR) is 69.7 cm³/mol. The molecule has 1 aliphatic heterocycles. The van der Waals surface area contributed by atoms with E-state index in [0.29, 0.717) is 5.91 Å². The van der Waals surface area contributed by atoms with Crippen molar-refractivity contribution in [3.05, 3.63) is 0 Å². The van der Waals surface area contributed by atoms with Gasteiger partial charge in [0, 0.05) is 20.6 Å². The third-order valence-electron chi connectivity index (χ3n) is 4.49. The molecule has 0 aromatic rings. The molecule has 3 nitrogen and oxygen atoms in total. The summed E-state index contributed by atoms with van der Waals surface area (Å²) in [6.07, 6.45) is 8.08. The predicted octanol–water partition coefficient (Wildman–Crippen LogP) is 1.88. The zero-order chi connectivity index (χ0) is 12.3. The average molecular weight is 238 g/mol. The van der Waals surface area contributed by atoms with Gasteiger partial charge in [-0.3, -0.25) is 4.79 Å². The Labute approximate surface area is 105 Å². The molecule has 3 heteroatoms. The van der Waals surface area contributed by atoms with Crippen molar-refractivity contribution in [3.63, 3.8) is 0 Å². The first-order chi connectivity index (χ1) is 8.18. The zero-order valence-corrected chi connectivity index (χ0v) is 11.2. The molecule has 0 aromatic carbocycles. The Morgan fingerprint density at radius 3 is 2.41 bits per heavy atom. The minimum atomic E-state index is 0.214. The van der Waals surface area contributed by atoms with Gasteiger partial charge in [0.05, 0.1) is 5.92 Å².